The molecule has 156 valence electrons. The zero-order chi connectivity index (χ0) is 22.2. The first-order chi connectivity index (χ1) is 16.9. The van der Waals surface area contributed by atoms with Gasteiger partial charge >= 0.3 is 0 Å². The van der Waals surface area contributed by atoms with Crippen LogP contribution in [-0.2, 0) is 0 Å². The summed E-state index contributed by atoms with van der Waals surface area (Å²) in [4.78, 5) is 0. The van der Waals surface area contributed by atoms with Crippen LogP contribution in [0.2, 0.25) is 0 Å². The first-order valence-electron chi connectivity index (χ1n) is 11.9. The number of benzene rings is 8. The third-order valence-electron chi connectivity index (χ3n) is 7.53. The fourth-order valence-electron chi connectivity index (χ4n) is 6.09. The van der Waals surface area contributed by atoms with Gasteiger partial charge in [-0.15, -0.1) is 0 Å². The minimum atomic E-state index is 1.28. The van der Waals surface area contributed by atoms with Gasteiger partial charge in [0.15, 0.2) is 0 Å². The van der Waals surface area contributed by atoms with Crippen LogP contribution in [0.5, 0.6) is 0 Å². The predicted octanol–water partition coefficient (Wildman–Crippen LogP) is 9.71. The molecule has 0 aliphatic heterocycles. The molecule has 0 atom stereocenters. The van der Waals surface area contributed by atoms with Crippen LogP contribution < -0.4 is 0 Å². The summed E-state index contributed by atoms with van der Waals surface area (Å²) in [5.41, 5.74) is 2.65. The zero-order valence-corrected chi connectivity index (χ0v) is 18.5. The molecular formula is C34H20. The summed E-state index contributed by atoms with van der Waals surface area (Å²) in [6, 6.07) is 44.9. The number of hydrogen-bond donors (Lipinski definition) is 0. The molecule has 8 aromatic carbocycles. The van der Waals surface area contributed by atoms with Gasteiger partial charge < -0.3 is 0 Å². The van der Waals surface area contributed by atoms with E-state index in [1.807, 2.05) is 0 Å². The van der Waals surface area contributed by atoms with Crippen LogP contribution in [0.4, 0.5) is 0 Å². The average molecular weight is 429 g/mol. The maximum absolute atomic E-state index is 2.42. The Bertz CT molecular complexity index is 2060. The SMILES string of the molecule is c1ccc2c(-c3cc4cccc5ccc6cccc3c6c54)c3c(ccc4ccccc43)cc2c1. The number of fused-ring (bicyclic) bond motifs is 4. The second-order valence-corrected chi connectivity index (χ2v) is 9.33. The Labute approximate surface area is 197 Å². The van der Waals surface area contributed by atoms with Gasteiger partial charge in [-0.3, -0.25) is 0 Å². The highest BCUT2D eigenvalue weighted by atomic mass is 14.2. The van der Waals surface area contributed by atoms with Crippen molar-refractivity contribution in [2.24, 2.45) is 0 Å². The summed E-state index contributed by atoms with van der Waals surface area (Å²) in [5.74, 6) is 0. The molecule has 0 radical (unpaired) electrons. The monoisotopic (exact) mass is 428 g/mol. The van der Waals surface area contributed by atoms with E-state index in [4.69, 9.17) is 0 Å². The molecule has 0 nitrogen and oxygen atoms in total. The van der Waals surface area contributed by atoms with Crippen LogP contribution in [0, 0.1) is 0 Å². The second kappa shape index (κ2) is 6.56. The Morgan fingerprint density at radius 3 is 1.74 bits per heavy atom. The second-order valence-electron chi connectivity index (χ2n) is 9.33. The fourth-order valence-corrected chi connectivity index (χ4v) is 6.09. The van der Waals surface area contributed by atoms with E-state index in [1.165, 1.54) is 75.8 Å². The van der Waals surface area contributed by atoms with E-state index in [9.17, 15) is 0 Å². The molecule has 0 saturated heterocycles. The van der Waals surface area contributed by atoms with Crippen molar-refractivity contribution >= 4 is 64.6 Å². The van der Waals surface area contributed by atoms with Crippen molar-refractivity contribution in [3.8, 4) is 11.1 Å². The van der Waals surface area contributed by atoms with Crippen molar-refractivity contribution in [1.82, 2.24) is 0 Å². The van der Waals surface area contributed by atoms with Crippen molar-refractivity contribution < 1.29 is 0 Å². The largest absolute Gasteiger partial charge is 0.0616 e. The molecule has 0 aromatic heterocycles. The highest BCUT2D eigenvalue weighted by molar-refractivity contribution is 6.30. The lowest BCUT2D eigenvalue weighted by Crippen LogP contribution is -1.91. The summed E-state index contributed by atoms with van der Waals surface area (Å²) in [6.07, 6.45) is 0. The van der Waals surface area contributed by atoms with Gasteiger partial charge in [0.05, 0.1) is 0 Å². The molecule has 0 saturated carbocycles. The van der Waals surface area contributed by atoms with Crippen LogP contribution in [0.1, 0.15) is 0 Å². The van der Waals surface area contributed by atoms with Crippen LogP contribution in [0.3, 0.4) is 0 Å². The summed E-state index contributed by atoms with van der Waals surface area (Å²) in [5, 5.41) is 15.8. The molecule has 8 aromatic rings. The zero-order valence-electron chi connectivity index (χ0n) is 18.5. The highest BCUT2D eigenvalue weighted by Crippen LogP contribution is 2.46. The van der Waals surface area contributed by atoms with Gasteiger partial charge in [0, 0.05) is 0 Å². The lowest BCUT2D eigenvalue weighted by atomic mass is 9.84. The van der Waals surface area contributed by atoms with E-state index in [0.717, 1.165) is 0 Å². The maximum atomic E-state index is 2.42. The molecule has 34 heavy (non-hydrogen) atoms. The fraction of sp³-hybridized carbons (Fsp3) is 0. The smallest absolute Gasteiger partial charge is 0.00141 e. The Morgan fingerprint density at radius 2 is 0.853 bits per heavy atom. The number of hydrogen-bond acceptors (Lipinski definition) is 0. The third kappa shape index (κ3) is 2.32. The molecule has 0 aliphatic rings. The summed E-state index contributed by atoms with van der Waals surface area (Å²) in [6.45, 7) is 0. The van der Waals surface area contributed by atoms with Crippen LogP contribution in [0.15, 0.2) is 121 Å². The molecule has 8 rings (SSSR count). The maximum Gasteiger partial charge on any atom is -0.00141 e. The van der Waals surface area contributed by atoms with Crippen molar-refractivity contribution in [3.63, 3.8) is 0 Å². The van der Waals surface area contributed by atoms with Gasteiger partial charge in [-0.1, -0.05) is 109 Å². The third-order valence-corrected chi connectivity index (χ3v) is 7.53. The normalized spacial score (nSPS) is 12.1. The van der Waals surface area contributed by atoms with Crippen LogP contribution in [0.25, 0.3) is 75.8 Å². The van der Waals surface area contributed by atoms with Gasteiger partial charge in [-0.2, -0.15) is 0 Å². The lowest BCUT2D eigenvalue weighted by Gasteiger charge is -2.19. The van der Waals surface area contributed by atoms with E-state index in [-0.39, 0.29) is 0 Å². The molecule has 0 amide bonds. The van der Waals surface area contributed by atoms with Gasteiger partial charge in [0.25, 0.3) is 0 Å². The quantitative estimate of drug-likeness (QED) is 0.180. The topological polar surface area (TPSA) is 0 Å². The van der Waals surface area contributed by atoms with Gasteiger partial charge in [0.2, 0.25) is 0 Å². The van der Waals surface area contributed by atoms with Crippen LogP contribution in [-0.4, -0.2) is 0 Å². The molecule has 0 unspecified atom stereocenters. The lowest BCUT2D eigenvalue weighted by molar-refractivity contribution is 1.73. The molecule has 0 heterocycles. The summed E-state index contributed by atoms with van der Waals surface area (Å²) < 4.78 is 0. The predicted molar refractivity (Wildman–Crippen MR) is 148 cm³/mol. The molecule has 0 N–H and O–H groups in total. The summed E-state index contributed by atoms with van der Waals surface area (Å²) >= 11 is 0. The van der Waals surface area contributed by atoms with E-state index in [2.05, 4.69) is 121 Å². The van der Waals surface area contributed by atoms with Gasteiger partial charge in [-0.05, 0) is 87.9 Å². The van der Waals surface area contributed by atoms with E-state index in [1.54, 1.807) is 0 Å². The number of rotatable bonds is 1. The molecule has 0 bridgehead atoms. The van der Waals surface area contributed by atoms with E-state index >= 15 is 0 Å². The first-order valence-corrected chi connectivity index (χ1v) is 11.9. The van der Waals surface area contributed by atoms with Crippen molar-refractivity contribution in [3.05, 3.63) is 121 Å². The Balaban J connectivity index is 1.69. The van der Waals surface area contributed by atoms with Crippen molar-refractivity contribution in [1.29, 1.82) is 0 Å². The molecule has 0 heteroatoms. The minimum absolute atomic E-state index is 1.28. The standard InChI is InChI=1S/C34H20/c1-3-12-27-21(7-1)15-18-26-19-24-8-2-4-13-28(24)34(33(26)27)30-20-25-11-5-9-22-16-17-23-10-6-14-29(30)32(23)31(22)25/h1-20H. The highest BCUT2D eigenvalue weighted by Gasteiger charge is 2.18. The van der Waals surface area contributed by atoms with Crippen LogP contribution >= 0.6 is 0 Å². The van der Waals surface area contributed by atoms with E-state index in [0.29, 0.717) is 0 Å². The molecule has 0 spiro atoms. The van der Waals surface area contributed by atoms with Crippen molar-refractivity contribution in [2.75, 3.05) is 0 Å². The van der Waals surface area contributed by atoms with Gasteiger partial charge in [0.1, 0.15) is 0 Å². The first kappa shape index (κ1) is 18.1. The Hall–Kier alpha value is -4.42. The Morgan fingerprint density at radius 1 is 0.294 bits per heavy atom. The molecular weight excluding hydrogens is 408 g/mol. The summed E-state index contributed by atoms with van der Waals surface area (Å²) in [7, 11) is 0. The Kier molecular flexibility index (Phi) is 3.48. The molecule has 0 fully saturated rings. The van der Waals surface area contributed by atoms with Gasteiger partial charge in [-0.25, -0.2) is 0 Å². The average Bonchev–Trinajstić information content (AvgIpc) is 2.90. The molecule has 0 aliphatic carbocycles. The van der Waals surface area contributed by atoms with E-state index < -0.39 is 0 Å². The van der Waals surface area contributed by atoms with Crippen molar-refractivity contribution in [2.45, 2.75) is 0 Å². The minimum Gasteiger partial charge on any atom is -0.0616 e.